The van der Waals surface area contributed by atoms with Crippen molar-refractivity contribution in [1.29, 1.82) is 0 Å². The molecule has 0 atom stereocenters. The van der Waals surface area contributed by atoms with Gasteiger partial charge in [0.05, 0.1) is 14.2 Å². The van der Waals surface area contributed by atoms with Gasteiger partial charge in [-0.3, -0.25) is 5.32 Å². The third-order valence-electron chi connectivity index (χ3n) is 3.57. The summed E-state index contributed by atoms with van der Waals surface area (Å²) in [6.07, 6.45) is 1.21. The van der Waals surface area contributed by atoms with Crippen molar-refractivity contribution < 1.29 is 23.8 Å². The fourth-order valence-electron chi connectivity index (χ4n) is 2.25. The quantitative estimate of drug-likeness (QED) is 0.610. The van der Waals surface area contributed by atoms with E-state index in [2.05, 4.69) is 5.32 Å². The third kappa shape index (κ3) is 5.66. The molecule has 0 unspecified atom stereocenters. The minimum Gasteiger partial charge on any atom is -0.496 e. The fraction of sp³-hybridized carbons (Fsp3) is 0.200. The highest BCUT2D eigenvalue weighted by atomic mass is 16.6. The van der Waals surface area contributed by atoms with Crippen molar-refractivity contribution in [2.24, 2.45) is 0 Å². The van der Waals surface area contributed by atoms with Crippen molar-refractivity contribution in [2.45, 2.75) is 13.0 Å². The first-order valence-corrected chi connectivity index (χ1v) is 8.02. The minimum atomic E-state index is -0.731. The average Bonchev–Trinajstić information content (AvgIpc) is 2.69. The molecule has 2 aromatic rings. The first-order valence-electron chi connectivity index (χ1n) is 8.02. The predicted octanol–water partition coefficient (Wildman–Crippen LogP) is 3.22. The predicted molar refractivity (Wildman–Crippen MR) is 96.6 cm³/mol. The number of alkyl carbamates (subject to hydrolysis) is 1. The van der Waals surface area contributed by atoms with Gasteiger partial charge < -0.3 is 14.2 Å². The van der Waals surface area contributed by atoms with Gasteiger partial charge in [0.2, 0.25) is 0 Å². The molecule has 0 aliphatic rings. The Labute approximate surface area is 152 Å². The van der Waals surface area contributed by atoms with Gasteiger partial charge in [-0.25, -0.2) is 9.59 Å². The minimum absolute atomic E-state index is 0.0106. The number of ether oxygens (including phenoxy) is 3. The first kappa shape index (κ1) is 19.1. The lowest BCUT2D eigenvalue weighted by Crippen LogP contribution is -2.28. The standard InChI is InChI=1S/C20H21NO5/c1-24-18-11-7-6-10-16(18)12-13-17(19(22)25-2)21-20(23)26-14-15-8-4-3-5-9-15/h3-11,13H,12,14H2,1-2H3,(H,21,23)/b17-13+. The van der Waals surface area contributed by atoms with E-state index in [0.29, 0.717) is 12.2 Å². The van der Waals surface area contributed by atoms with Crippen molar-refractivity contribution in [3.8, 4) is 5.75 Å². The Kier molecular flexibility index (Phi) is 7.24. The summed E-state index contributed by atoms with van der Waals surface area (Å²) in [7, 11) is 2.82. The van der Waals surface area contributed by atoms with Crippen molar-refractivity contribution in [3.63, 3.8) is 0 Å². The number of esters is 1. The second-order valence-corrected chi connectivity index (χ2v) is 5.31. The van der Waals surface area contributed by atoms with Crippen LogP contribution in [0.25, 0.3) is 0 Å². The molecular weight excluding hydrogens is 334 g/mol. The van der Waals surface area contributed by atoms with Crippen molar-refractivity contribution in [3.05, 3.63) is 77.5 Å². The molecule has 6 heteroatoms. The van der Waals surface area contributed by atoms with Crippen molar-refractivity contribution in [2.75, 3.05) is 14.2 Å². The van der Waals surface area contributed by atoms with E-state index in [0.717, 1.165) is 11.1 Å². The summed E-state index contributed by atoms with van der Waals surface area (Å²) in [5.74, 6) is 0.0381. The van der Waals surface area contributed by atoms with Gasteiger partial charge in [-0.05, 0) is 29.7 Å². The fourth-order valence-corrected chi connectivity index (χ4v) is 2.25. The number of carbonyl (C=O) groups excluding carboxylic acids is 2. The average molecular weight is 355 g/mol. The number of carbonyl (C=O) groups is 2. The summed E-state index contributed by atoms with van der Waals surface area (Å²) in [6, 6.07) is 16.7. The van der Waals surface area contributed by atoms with E-state index in [9.17, 15) is 9.59 Å². The Hall–Kier alpha value is -3.28. The molecule has 136 valence electrons. The normalized spacial score (nSPS) is 10.8. The molecule has 26 heavy (non-hydrogen) atoms. The maximum Gasteiger partial charge on any atom is 0.412 e. The van der Waals surface area contributed by atoms with Crippen LogP contribution in [0, 0.1) is 0 Å². The molecule has 0 aromatic heterocycles. The number of methoxy groups -OCH3 is 2. The molecule has 0 radical (unpaired) electrons. The number of allylic oxidation sites excluding steroid dienone is 1. The van der Waals surface area contributed by atoms with Gasteiger partial charge in [0.25, 0.3) is 0 Å². The molecule has 1 amide bonds. The van der Waals surface area contributed by atoms with Gasteiger partial charge in [0.15, 0.2) is 0 Å². The molecule has 0 saturated heterocycles. The number of para-hydroxylation sites is 1. The van der Waals surface area contributed by atoms with E-state index in [4.69, 9.17) is 14.2 Å². The van der Waals surface area contributed by atoms with Gasteiger partial charge in [0.1, 0.15) is 18.1 Å². The number of benzene rings is 2. The molecular formula is C20H21NO5. The third-order valence-corrected chi connectivity index (χ3v) is 3.57. The Bertz CT molecular complexity index is 771. The van der Waals surface area contributed by atoms with Crippen LogP contribution in [0.3, 0.4) is 0 Å². The lowest BCUT2D eigenvalue weighted by molar-refractivity contribution is -0.136. The number of hydrogen-bond acceptors (Lipinski definition) is 5. The summed E-state index contributed by atoms with van der Waals surface area (Å²) in [5, 5.41) is 2.43. The maximum atomic E-state index is 12.0. The van der Waals surface area contributed by atoms with Gasteiger partial charge in [-0.15, -0.1) is 0 Å². The van der Waals surface area contributed by atoms with Crippen LogP contribution < -0.4 is 10.1 Å². The Morgan fingerprint density at radius 3 is 2.38 bits per heavy atom. The smallest absolute Gasteiger partial charge is 0.412 e. The van der Waals surface area contributed by atoms with Crippen LogP contribution >= 0.6 is 0 Å². The molecule has 6 nitrogen and oxygen atoms in total. The number of amides is 1. The summed E-state index contributed by atoms with van der Waals surface area (Å²) < 4.78 is 15.1. The van der Waals surface area contributed by atoms with E-state index in [-0.39, 0.29) is 12.3 Å². The highest BCUT2D eigenvalue weighted by molar-refractivity contribution is 5.92. The van der Waals surface area contributed by atoms with Gasteiger partial charge in [-0.2, -0.15) is 0 Å². The van der Waals surface area contributed by atoms with Crippen molar-refractivity contribution in [1.82, 2.24) is 5.32 Å². The summed E-state index contributed by atoms with van der Waals surface area (Å²) in [4.78, 5) is 23.9. The Morgan fingerprint density at radius 1 is 1.00 bits per heavy atom. The number of rotatable bonds is 7. The van der Waals surface area contributed by atoms with Crippen LogP contribution in [-0.4, -0.2) is 26.3 Å². The van der Waals surface area contributed by atoms with Crippen molar-refractivity contribution >= 4 is 12.1 Å². The van der Waals surface area contributed by atoms with Crippen LogP contribution in [0.1, 0.15) is 11.1 Å². The SMILES string of the molecule is COC(=O)/C(=C\Cc1ccccc1OC)NC(=O)OCc1ccccc1. The molecule has 1 N–H and O–H groups in total. The summed E-state index contributed by atoms with van der Waals surface area (Å²) >= 11 is 0. The molecule has 0 bridgehead atoms. The summed E-state index contributed by atoms with van der Waals surface area (Å²) in [5.41, 5.74) is 1.73. The van der Waals surface area contributed by atoms with Gasteiger partial charge >= 0.3 is 12.1 Å². The molecule has 2 aromatic carbocycles. The maximum absolute atomic E-state index is 12.0. The van der Waals surface area contributed by atoms with E-state index in [1.54, 1.807) is 13.2 Å². The second kappa shape index (κ2) is 9.88. The molecule has 0 fully saturated rings. The number of hydrogen-bond donors (Lipinski definition) is 1. The second-order valence-electron chi connectivity index (χ2n) is 5.31. The monoisotopic (exact) mass is 355 g/mol. The van der Waals surface area contributed by atoms with Crippen LogP contribution in [0.15, 0.2) is 66.4 Å². The highest BCUT2D eigenvalue weighted by Crippen LogP contribution is 2.18. The van der Waals surface area contributed by atoms with E-state index < -0.39 is 12.1 Å². The molecule has 0 heterocycles. The summed E-state index contributed by atoms with van der Waals surface area (Å²) in [6.45, 7) is 0.105. The molecule has 0 spiro atoms. The van der Waals surface area contributed by atoms with Crippen LogP contribution in [0.5, 0.6) is 5.75 Å². The lowest BCUT2D eigenvalue weighted by Gasteiger charge is -2.10. The van der Waals surface area contributed by atoms with Crippen LogP contribution in [0.2, 0.25) is 0 Å². The van der Waals surface area contributed by atoms with Crippen LogP contribution in [-0.2, 0) is 27.3 Å². The molecule has 2 rings (SSSR count). The molecule has 0 aliphatic carbocycles. The van der Waals surface area contributed by atoms with Crippen LogP contribution in [0.4, 0.5) is 4.79 Å². The highest BCUT2D eigenvalue weighted by Gasteiger charge is 2.14. The van der Waals surface area contributed by atoms with E-state index in [1.807, 2.05) is 54.6 Å². The van der Waals surface area contributed by atoms with Gasteiger partial charge in [-0.1, -0.05) is 48.5 Å². The van der Waals surface area contributed by atoms with Gasteiger partial charge in [0, 0.05) is 0 Å². The molecule has 0 saturated carbocycles. The Morgan fingerprint density at radius 2 is 1.69 bits per heavy atom. The zero-order valence-corrected chi connectivity index (χ0v) is 14.7. The molecule has 0 aliphatic heterocycles. The topological polar surface area (TPSA) is 73.9 Å². The number of nitrogens with one attached hydrogen (secondary N) is 1. The zero-order chi connectivity index (χ0) is 18.8. The first-order chi connectivity index (χ1) is 12.6. The van der Waals surface area contributed by atoms with E-state index in [1.165, 1.54) is 7.11 Å². The lowest BCUT2D eigenvalue weighted by atomic mass is 10.1. The largest absolute Gasteiger partial charge is 0.496 e. The van der Waals surface area contributed by atoms with E-state index >= 15 is 0 Å². The zero-order valence-electron chi connectivity index (χ0n) is 14.7. The Balaban J connectivity index is 2.02.